The highest BCUT2D eigenvalue weighted by molar-refractivity contribution is 7.85. The predicted octanol–water partition coefficient (Wildman–Crippen LogP) is 2.31. The Morgan fingerprint density at radius 1 is 1.29 bits per heavy atom. The fraction of sp³-hybridized carbons (Fsp3) is 0.333. The first-order chi connectivity index (χ1) is 11.5. The van der Waals surface area contributed by atoms with Crippen LogP contribution in [0.5, 0.6) is 0 Å². The number of ketones is 1. The Balaban J connectivity index is 2.10. The Labute approximate surface area is 143 Å². The van der Waals surface area contributed by atoms with Crippen molar-refractivity contribution in [3.8, 4) is 0 Å². The molecule has 0 N–H and O–H groups in total. The maximum Gasteiger partial charge on any atom is 0.325 e. The minimum absolute atomic E-state index is 0.304. The maximum absolute atomic E-state index is 13.3. The molecular formula is C18H19NO4S. The van der Waals surface area contributed by atoms with Gasteiger partial charge in [-0.05, 0) is 30.7 Å². The van der Waals surface area contributed by atoms with Crippen LogP contribution in [0.2, 0.25) is 0 Å². The van der Waals surface area contributed by atoms with Crippen LogP contribution in [0.3, 0.4) is 0 Å². The van der Waals surface area contributed by atoms with E-state index < -0.39 is 22.2 Å². The first-order valence-corrected chi connectivity index (χ1v) is 9.13. The number of benzene rings is 1. The molecule has 1 aromatic carbocycles. The molecule has 0 fully saturated rings. The summed E-state index contributed by atoms with van der Waals surface area (Å²) >= 11 is 0. The van der Waals surface area contributed by atoms with Gasteiger partial charge in [-0.25, -0.2) is 0 Å². The molecule has 6 heteroatoms. The van der Waals surface area contributed by atoms with Gasteiger partial charge in [0.1, 0.15) is 0 Å². The Kier molecular flexibility index (Phi) is 4.41. The van der Waals surface area contributed by atoms with Crippen LogP contribution in [0.4, 0.5) is 0 Å². The Bertz CT molecular complexity index is 826. The fourth-order valence-electron chi connectivity index (χ4n) is 3.31. The molecule has 1 aliphatic heterocycles. The second kappa shape index (κ2) is 6.36. The van der Waals surface area contributed by atoms with E-state index in [1.807, 2.05) is 23.8 Å². The molecule has 1 aromatic heterocycles. The molecule has 0 saturated carbocycles. The molecular weight excluding hydrogens is 326 g/mol. The number of methoxy groups -OCH3 is 1. The molecule has 1 aliphatic rings. The summed E-state index contributed by atoms with van der Waals surface area (Å²) in [6.07, 6.45) is 2.23. The van der Waals surface area contributed by atoms with Crippen LogP contribution < -0.4 is 0 Å². The normalized spacial score (nSPS) is 20.4. The van der Waals surface area contributed by atoms with Crippen LogP contribution in [0.15, 0.2) is 47.5 Å². The zero-order chi connectivity index (χ0) is 17.3. The monoisotopic (exact) mass is 345 g/mol. The number of fused-ring (bicyclic) bond motifs is 1. The lowest BCUT2D eigenvalue weighted by Gasteiger charge is -2.24. The second-order valence-electron chi connectivity index (χ2n) is 5.72. The van der Waals surface area contributed by atoms with Crippen molar-refractivity contribution in [1.29, 1.82) is 0 Å². The van der Waals surface area contributed by atoms with Crippen molar-refractivity contribution in [3.05, 3.63) is 53.9 Å². The highest BCUT2D eigenvalue weighted by Gasteiger charge is 2.53. The number of hydrogen-bond donors (Lipinski definition) is 0. The molecule has 0 amide bonds. The van der Waals surface area contributed by atoms with E-state index in [0.29, 0.717) is 34.9 Å². The molecule has 2 aromatic rings. The molecule has 0 aliphatic carbocycles. The molecule has 126 valence electrons. The maximum atomic E-state index is 13.3. The topological polar surface area (TPSA) is 65.4 Å². The van der Waals surface area contributed by atoms with Crippen LogP contribution >= 0.6 is 0 Å². The quantitative estimate of drug-likeness (QED) is 0.474. The first kappa shape index (κ1) is 16.6. The van der Waals surface area contributed by atoms with E-state index in [2.05, 4.69) is 0 Å². The Morgan fingerprint density at radius 2 is 2.08 bits per heavy atom. The molecule has 0 bridgehead atoms. The molecule has 0 radical (unpaired) electrons. The number of carbonyl (C=O) groups is 2. The highest BCUT2D eigenvalue weighted by Crippen LogP contribution is 2.39. The van der Waals surface area contributed by atoms with E-state index in [1.165, 1.54) is 7.11 Å². The van der Waals surface area contributed by atoms with Gasteiger partial charge in [0, 0.05) is 34.6 Å². The van der Waals surface area contributed by atoms with Crippen molar-refractivity contribution in [2.24, 2.45) is 0 Å². The van der Waals surface area contributed by atoms with Crippen LogP contribution in [0, 0.1) is 0 Å². The number of ether oxygens (including phenoxy) is 1. The molecule has 2 heterocycles. The minimum atomic E-state index is -1.33. The molecule has 24 heavy (non-hydrogen) atoms. The number of rotatable bonds is 5. The van der Waals surface area contributed by atoms with Crippen molar-refractivity contribution in [1.82, 2.24) is 4.57 Å². The third-order valence-corrected chi connectivity index (χ3v) is 5.84. The van der Waals surface area contributed by atoms with Crippen LogP contribution in [-0.2, 0) is 32.3 Å². The van der Waals surface area contributed by atoms with E-state index in [0.717, 1.165) is 0 Å². The third-order valence-electron chi connectivity index (χ3n) is 4.54. The van der Waals surface area contributed by atoms with E-state index >= 15 is 0 Å². The highest BCUT2D eigenvalue weighted by atomic mass is 32.2. The molecule has 0 spiro atoms. The van der Waals surface area contributed by atoms with E-state index in [9.17, 15) is 13.8 Å². The zero-order valence-corrected chi connectivity index (χ0v) is 14.5. The van der Waals surface area contributed by atoms with E-state index in [4.69, 9.17) is 4.74 Å². The van der Waals surface area contributed by atoms with E-state index in [1.54, 1.807) is 30.3 Å². The second-order valence-corrected chi connectivity index (χ2v) is 7.46. The number of hydrogen-bond acceptors (Lipinski definition) is 4. The van der Waals surface area contributed by atoms with Gasteiger partial charge in [0.25, 0.3) is 0 Å². The van der Waals surface area contributed by atoms with E-state index in [-0.39, 0.29) is 5.78 Å². The molecule has 5 nitrogen and oxygen atoms in total. The number of esters is 1. The summed E-state index contributed by atoms with van der Waals surface area (Å²) in [6.45, 7) is 2.41. The van der Waals surface area contributed by atoms with Crippen molar-refractivity contribution >= 4 is 22.6 Å². The molecule has 3 rings (SSSR count). The fourth-order valence-corrected chi connectivity index (χ4v) is 4.13. The van der Waals surface area contributed by atoms with Gasteiger partial charge in [-0.3, -0.25) is 13.8 Å². The van der Waals surface area contributed by atoms with Crippen LogP contribution in [0.1, 0.15) is 29.4 Å². The average molecular weight is 345 g/mol. The van der Waals surface area contributed by atoms with Gasteiger partial charge in [0.05, 0.1) is 17.9 Å². The number of Topliss-reactive ketones (excluding diaryl/α,β-unsaturated/α-hetero) is 1. The standard InChI is InChI=1S/C18H19NO4S/c1-3-24(22)14-7-4-6-13(12-14)16(20)18(17(21)23-2)9-11-19-10-5-8-15(18)19/h4-8,10,12H,3,9,11H2,1-2H3. The number of aryl methyl sites for hydroxylation is 1. The SMILES string of the molecule is CCS(=O)c1cccc(C(=O)C2(C(=O)OC)CCn3cccc32)c1. The summed E-state index contributed by atoms with van der Waals surface area (Å²) in [5.41, 5.74) is -0.291. The van der Waals surface area contributed by atoms with Gasteiger partial charge < -0.3 is 9.30 Å². The van der Waals surface area contributed by atoms with Gasteiger partial charge in [0.2, 0.25) is 0 Å². The molecule has 2 atom stereocenters. The number of carbonyl (C=O) groups excluding carboxylic acids is 2. The summed E-state index contributed by atoms with van der Waals surface area (Å²) in [5.74, 6) is -0.378. The largest absolute Gasteiger partial charge is 0.468 e. The Hall–Kier alpha value is -2.21. The summed E-state index contributed by atoms with van der Waals surface area (Å²) in [7, 11) is 0.141. The van der Waals surface area contributed by atoms with Crippen LogP contribution in [0.25, 0.3) is 0 Å². The summed E-state index contributed by atoms with van der Waals surface area (Å²) < 4.78 is 18.9. The van der Waals surface area contributed by atoms with Gasteiger partial charge in [-0.2, -0.15) is 0 Å². The summed E-state index contributed by atoms with van der Waals surface area (Å²) in [4.78, 5) is 26.4. The number of nitrogens with zero attached hydrogens (tertiary/aromatic N) is 1. The smallest absolute Gasteiger partial charge is 0.325 e. The van der Waals surface area contributed by atoms with Gasteiger partial charge in [0.15, 0.2) is 11.2 Å². The lowest BCUT2D eigenvalue weighted by Crippen LogP contribution is -2.43. The average Bonchev–Trinajstić information content (AvgIpc) is 3.22. The molecule has 0 saturated heterocycles. The van der Waals surface area contributed by atoms with Gasteiger partial charge in [-0.1, -0.05) is 19.1 Å². The van der Waals surface area contributed by atoms with Gasteiger partial charge >= 0.3 is 5.97 Å². The zero-order valence-electron chi connectivity index (χ0n) is 13.7. The predicted molar refractivity (Wildman–Crippen MR) is 90.5 cm³/mol. The summed E-state index contributed by atoms with van der Waals surface area (Å²) in [6, 6.07) is 10.3. The lowest BCUT2D eigenvalue weighted by molar-refractivity contribution is -0.145. The minimum Gasteiger partial charge on any atom is -0.468 e. The van der Waals surface area contributed by atoms with Crippen molar-refractivity contribution in [3.63, 3.8) is 0 Å². The van der Waals surface area contributed by atoms with Crippen molar-refractivity contribution in [2.45, 2.75) is 30.2 Å². The molecule has 2 unspecified atom stereocenters. The van der Waals surface area contributed by atoms with Gasteiger partial charge in [-0.15, -0.1) is 0 Å². The van der Waals surface area contributed by atoms with Crippen molar-refractivity contribution in [2.75, 3.05) is 12.9 Å². The lowest BCUT2D eigenvalue weighted by atomic mass is 9.76. The summed E-state index contributed by atoms with van der Waals surface area (Å²) in [5, 5.41) is 0. The third kappa shape index (κ3) is 2.41. The van der Waals surface area contributed by atoms with Crippen molar-refractivity contribution < 1.29 is 18.5 Å². The number of aromatic nitrogens is 1. The first-order valence-electron chi connectivity index (χ1n) is 7.82. The Morgan fingerprint density at radius 3 is 2.79 bits per heavy atom. The van der Waals surface area contributed by atoms with Crippen LogP contribution in [-0.4, -0.2) is 33.4 Å².